The number of hydrogen-bond acceptors (Lipinski definition) is 2. The largest absolute Gasteiger partial charge is 0.342 e. The molecule has 0 spiro atoms. The van der Waals surface area contributed by atoms with Crippen LogP contribution in [-0.2, 0) is 9.59 Å². The number of anilines is 1. The number of benzene rings is 1. The lowest BCUT2D eigenvalue weighted by Crippen LogP contribution is -2.51. The molecular weight excluding hydrogens is 300 g/mol. The number of nitrogens with zero attached hydrogens (tertiary/aromatic N) is 2. The maximum atomic E-state index is 13.1. The van der Waals surface area contributed by atoms with Gasteiger partial charge in [-0.25, -0.2) is 0 Å². The second-order valence-corrected chi connectivity index (χ2v) is 6.81. The van der Waals surface area contributed by atoms with Crippen LogP contribution in [-0.4, -0.2) is 36.3 Å². The summed E-state index contributed by atoms with van der Waals surface area (Å²) < 4.78 is 0. The zero-order valence-electron chi connectivity index (χ0n) is 16.1. The van der Waals surface area contributed by atoms with E-state index < -0.39 is 5.41 Å². The third kappa shape index (κ3) is 4.59. The number of carbonyl (C=O) groups excluding carboxylic acids is 2. The van der Waals surface area contributed by atoms with Crippen LogP contribution in [0.4, 0.5) is 5.69 Å². The minimum Gasteiger partial charge on any atom is -0.342 e. The Morgan fingerprint density at radius 1 is 1.00 bits per heavy atom. The Bertz CT molecular complexity index is 561. The molecule has 0 heterocycles. The van der Waals surface area contributed by atoms with Gasteiger partial charge in [-0.15, -0.1) is 0 Å². The Labute approximate surface area is 146 Å². The van der Waals surface area contributed by atoms with Crippen molar-refractivity contribution in [2.45, 2.75) is 54.4 Å². The van der Waals surface area contributed by atoms with E-state index in [1.54, 1.807) is 18.7 Å². The number of rotatable bonds is 8. The fourth-order valence-electron chi connectivity index (χ4n) is 2.92. The maximum Gasteiger partial charge on any atom is 0.242 e. The summed E-state index contributed by atoms with van der Waals surface area (Å²) in [5.74, 6) is -0.222. The minimum atomic E-state index is -1.07. The first-order chi connectivity index (χ1) is 11.3. The summed E-state index contributed by atoms with van der Waals surface area (Å²) in [6.07, 6.45) is 1.79. The monoisotopic (exact) mass is 332 g/mol. The van der Waals surface area contributed by atoms with E-state index in [1.165, 1.54) is 0 Å². The van der Waals surface area contributed by atoms with Crippen LogP contribution in [0.2, 0.25) is 0 Å². The Kier molecular flexibility index (Phi) is 7.46. The van der Waals surface area contributed by atoms with E-state index in [-0.39, 0.29) is 11.8 Å². The maximum absolute atomic E-state index is 13.1. The van der Waals surface area contributed by atoms with Crippen molar-refractivity contribution < 1.29 is 9.59 Å². The summed E-state index contributed by atoms with van der Waals surface area (Å²) in [4.78, 5) is 29.7. The highest BCUT2D eigenvalue weighted by molar-refractivity contribution is 6.11. The van der Waals surface area contributed by atoms with Gasteiger partial charge in [0.15, 0.2) is 0 Å². The first kappa shape index (κ1) is 20.2. The van der Waals surface area contributed by atoms with Crippen LogP contribution in [0, 0.1) is 12.3 Å². The van der Waals surface area contributed by atoms with Gasteiger partial charge in [0.2, 0.25) is 11.8 Å². The molecule has 0 aromatic heterocycles. The molecule has 0 radical (unpaired) electrons. The second kappa shape index (κ2) is 8.86. The second-order valence-electron chi connectivity index (χ2n) is 6.81. The Morgan fingerprint density at radius 2 is 1.58 bits per heavy atom. The van der Waals surface area contributed by atoms with Gasteiger partial charge in [0.1, 0.15) is 5.41 Å². The van der Waals surface area contributed by atoms with Crippen LogP contribution in [0.15, 0.2) is 24.3 Å². The van der Waals surface area contributed by atoms with Crippen molar-refractivity contribution in [2.24, 2.45) is 5.41 Å². The van der Waals surface area contributed by atoms with Crippen LogP contribution < -0.4 is 4.90 Å². The highest BCUT2D eigenvalue weighted by Crippen LogP contribution is 2.27. The molecule has 0 unspecified atom stereocenters. The van der Waals surface area contributed by atoms with Crippen LogP contribution in [0.25, 0.3) is 0 Å². The molecule has 2 amide bonds. The van der Waals surface area contributed by atoms with E-state index in [2.05, 4.69) is 13.8 Å². The van der Waals surface area contributed by atoms with Crippen molar-refractivity contribution >= 4 is 17.5 Å². The summed E-state index contributed by atoms with van der Waals surface area (Å²) >= 11 is 0. The van der Waals surface area contributed by atoms with Gasteiger partial charge < -0.3 is 9.80 Å². The van der Waals surface area contributed by atoms with E-state index in [9.17, 15) is 9.59 Å². The Balaban J connectivity index is 3.09. The van der Waals surface area contributed by atoms with E-state index in [0.717, 1.165) is 24.1 Å². The first-order valence-corrected chi connectivity index (χ1v) is 8.97. The number of hydrogen-bond donors (Lipinski definition) is 0. The molecule has 4 nitrogen and oxygen atoms in total. The lowest BCUT2D eigenvalue weighted by atomic mass is 9.89. The summed E-state index contributed by atoms with van der Waals surface area (Å²) in [6.45, 7) is 13.5. The predicted molar refractivity (Wildman–Crippen MR) is 100 cm³/mol. The average Bonchev–Trinajstić information content (AvgIpc) is 2.54. The van der Waals surface area contributed by atoms with E-state index in [4.69, 9.17) is 0 Å². The van der Waals surface area contributed by atoms with Gasteiger partial charge in [0.25, 0.3) is 0 Å². The van der Waals surface area contributed by atoms with Crippen molar-refractivity contribution in [1.29, 1.82) is 0 Å². The molecule has 0 fully saturated rings. The van der Waals surface area contributed by atoms with E-state index >= 15 is 0 Å². The molecule has 1 aromatic rings. The van der Waals surface area contributed by atoms with Gasteiger partial charge in [-0.3, -0.25) is 9.59 Å². The molecule has 0 aliphatic rings. The van der Waals surface area contributed by atoms with Crippen LogP contribution in [0.1, 0.15) is 53.0 Å². The van der Waals surface area contributed by atoms with Crippen LogP contribution in [0.3, 0.4) is 0 Å². The summed E-state index contributed by atoms with van der Waals surface area (Å²) in [5, 5.41) is 0. The summed E-state index contributed by atoms with van der Waals surface area (Å²) in [7, 11) is 0. The molecule has 134 valence electrons. The minimum absolute atomic E-state index is 0.0812. The number of aryl methyl sites for hydroxylation is 1. The van der Waals surface area contributed by atoms with Crippen LogP contribution >= 0.6 is 0 Å². The van der Waals surface area contributed by atoms with Crippen molar-refractivity contribution in [1.82, 2.24) is 4.90 Å². The van der Waals surface area contributed by atoms with Crippen molar-refractivity contribution in [2.75, 3.05) is 24.5 Å². The normalized spacial score (nSPS) is 11.2. The smallest absolute Gasteiger partial charge is 0.242 e. The SMILES string of the molecule is CCCN(CCC)C(=O)C(C)(C)C(=O)N(CC)c1cccc(C)c1. The molecule has 1 aromatic carbocycles. The zero-order valence-corrected chi connectivity index (χ0v) is 16.1. The van der Waals surface area contributed by atoms with Crippen molar-refractivity contribution in [3.05, 3.63) is 29.8 Å². The molecule has 4 heteroatoms. The molecule has 0 atom stereocenters. The average molecular weight is 332 g/mol. The van der Waals surface area contributed by atoms with E-state index in [0.29, 0.717) is 19.6 Å². The lowest BCUT2D eigenvalue weighted by Gasteiger charge is -2.34. The third-order valence-corrected chi connectivity index (χ3v) is 4.22. The van der Waals surface area contributed by atoms with Gasteiger partial charge in [0, 0.05) is 25.3 Å². The molecule has 0 N–H and O–H groups in total. The Morgan fingerprint density at radius 3 is 2.04 bits per heavy atom. The highest BCUT2D eigenvalue weighted by atomic mass is 16.2. The lowest BCUT2D eigenvalue weighted by molar-refractivity contribution is -0.147. The standard InChI is InChI=1S/C20H32N2O2/c1-7-13-21(14-8-2)18(23)20(5,6)19(24)22(9-3)17-12-10-11-16(4)15-17/h10-12,15H,7-9,13-14H2,1-6H3. The fourth-order valence-corrected chi connectivity index (χ4v) is 2.92. The fraction of sp³-hybridized carbons (Fsp3) is 0.600. The van der Waals surface area contributed by atoms with E-state index in [1.807, 2.05) is 43.0 Å². The summed E-state index contributed by atoms with van der Waals surface area (Å²) in [6, 6.07) is 7.85. The van der Waals surface area contributed by atoms with Crippen molar-refractivity contribution in [3.63, 3.8) is 0 Å². The van der Waals surface area contributed by atoms with Gasteiger partial charge in [-0.2, -0.15) is 0 Å². The highest BCUT2D eigenvalue weighted by Gasteiger charge is 2.41. The van der Waals surface area contributed by atoms with Gasteiger partial charge in [-0.1, -0.05) is 26.0 Å². The third-order valence-electron chi connectivity index (χ3n) is 4.22. The molecule has 1 rings (SSSR count). The van der Waals surface area contributed by atoms with Crippen LogP contribution in [0.5, 0.6) is 0 Å². The molecule has 0 saturated heterocycles. The quantitative estimate of drug-likeness (QED) is 0.675. The van der Waals surface area contributed by atoms with Gasteiger partial charge in [-0.05, 0) is 58.2 Å². The molecule has 0 saturated carbocycles. The topological polar surface area (TPSA) is 40.6 Å². The van der Waals surface area contributed by atoms with Gasteiger partial charge in [0.05, 0.1) is 0 Å². The number of carbonyl (C=O) groups is 2. The summed E-state index contributed by atoms with van der Waals surface area (Å²) in [5.41, 5.74) is 0.881. The first-order valence-electron chi connectivity index (χ1n) is 8.97. The Hall–Kier alpha value is -1.84. The molecule has 0 aliphatic heterocycles. The van der Waals surface area contributed by atoms with Gasteiger partial charge >= 0.3 is 0 Å². The van der Waals surface area contributed by atoms with Crippen molar-refractivity contribution in [3.8, 4) is 0 Å². The molecular formula is C20H32N2O2. The molecule has 24 heavy (non-hydrogen) atoms. The zero-order chi connectivity index (χ0) is 18.3. The molecule has 0 bridgehead atoms. The number of amides is 2. The molecule has 0 aliphatic carbocycles. The predicted octanol–water partition coefficient (Wildman–Crippen LogP) is 4.02.